The second-order valence-corrected chi connectivity index (χ2v) is 7.54. The molecule has 2 unspecified atom stereocenters. The number of hydrogen-bond donors (Lipinski definition) is 0. The number of amides is 1. The summed E-state index contributed by atoms with van der Waals surface area (Å²) >= 11 is 0. The lowest BCUT2D eigenvalue weighted by atomic mass is 9.81. The normalized spacial score (nSPS) is 30.2. The third kappa shape index (κ3) is 2.59. The van der Waals surface area contributed by atoms with Gasteiger partial charge < -0.3 is 9.64 Å². The zero-order chi connectivity index (χ0) is 18.4. The molecule has 0 bridgehead atoms. The van der Waals surface area contributed by atoms with Gasteiger partial charge in [-0.3, -0.25) is 9.59 Å². The van der Waals surface area contributed by atoms with Crippen molar-refractivity contribution in [2.75, 3.05) is 13.2 Å². The molecule has 26 heavy (non-hydrogen) atoms. The zero-order valence-corrected chi connectivity index (χ0v) is 15.5. The van der Waals surface area contributed by atoms with Gasteiger partial charge in [-0.2, -0.15) is 0 Å². The average molecular weight is 351 g/mol. The van der Waals surface area contributed by atoms with Gasteiger partial charge in [0.1, 0.15) is 6.61 Å². The Morgan fingerprint density at radius 2 is 2.08 bits per heavy atom. The van der Waals surface area contributed by atoms with Crippen molar-refractivity contribution in [2.24, 2.45) is 5.92 Å². The lowest BCUT2D eigenvalue weighted by molar-refractivity contribution is -0.149. The van der Waals surface area contributed by atoms with E-state index in [2.05, 4.69) is 31.7 Å². The molecule has 3 heterocycles. The third-order valence-electron chi connectivity index (χ3n) is 6.09. The van der Waals surface area contributed by atoms with Gasteiger partial charge in [0, 0.05) is 6.54 Å². The molecule has 0 saturated carbocycles. The summed E-state index contributed by atoms with van der Waals surface area (Å²) in [6.07, 6.45) is 10.2. The highest BCUT2D eigenvalue weighted by atomic mass is 16.5. The lowest BCUT2D eigenvalue weighted by Gasteiger charge is -2.37. The molecule has 1 saturated heterocycles. The second kappa shape index (κ2) is 6.42. The van der Waals surface area contributed by atoms with Gasteiger partial charge in [0.2, 0.25) is 0 Å². The van der Waals surface area contributed by atoms with E-state index < -0.39 is 0 Å². The first-order valence-electron chi connectivity index (χ1n) is 9.47. The number of carbonyl (C=O) groups excluding carboxylic acids is 2. The van der Waals surface area contributed by atoms with E-state index in [0.29, 0.717) is 25.0 Å². The smallest absolute Gasteiger partial charge is 0.313 e. The highest BCUT2D eigenvalue weighted by Crippen LogP contribution is 2.42. The van der Waals surface area contributed by atoms with Crippen LogP contribution >= 0.6 is 0 Å². The lowest BCUT2D eigenvalue weighted by Crippen LogP contribution is -2.46. The number of fused-ring (bicyclic) bond motifs is 1. The van der Waals surface area contributed by atoms with E-state index in [1.54, 1.807) is 0 Å². The minimum absolute atomic E-state index is 0.0108. The number of nitrogens with zero attached hydrogens (tertiary/aromatic N) is 1. The predicted octanol–water partition coefficient (Wildman–Crippen LogP) is 3.63. The second-order valence-electron chi connectivity index (χ2n) is 7.54. The first-order chi connectivity index (χ1) is 12.5. The topological polar surface area (TPSA) is 46.6 Å². The predicted molar refractivity (Wildman–Crippen MR) is 100 cm³/mol. The Morgan fingerprint density at radius 1 is 1.31 bits per heavy atom. The van der Waals surface area contributed by atoms with Crippen LogP contribution in [-0.4, -0.2) is 36.0 Å². The van der Waals surface area contributed by atoms with Gasteiger partial charge in [-0.15, -0.1) is 0 Å². The van der Waals surface area contributed by atoms with Crippen LogP contribution in [0.25, 0.3) is 0 Å². The maximum absolute atomic E-state index is 13.0. The number of esters is 1. The number of rotatable bonds is 2. The van der Waals surface area contributed by atoms with Crippen LogP contribution in [0.4, 0.5) is 0 Å². The maximum Gasteiger partial charge on any atom is 0.313 e. The van der Waals surface area contributed by atoms with Crippen LogP contribution < -0.4 is 0 Å². The van der Waals surface area contributed by atoms with Crippen LogP contribution in [0, 0.1) is 5.92 Å². The van der Waals surface area contributed by atoms with Crippen molar-refractivity contribution >= 4 is 11.9 Å². The quantitative estimate of drug-likeness (QED) is 0.714. The van der Waals surface area contributed by atoms with Crippen molar-refractivity contribution in [3.8, 4) is 0 Å². The fourth-order valence-electron chi connectivity index (χ4n) is 4.51. The van der Waals surface area contributed by atoms with Gasteiger partial charge in [0.15, 0.2) is 0 Å². The van der Waals surface area contributed by atoms with Gasteiger partial charge in [-0.25, -0.2) is 0 Å². The van der Waals surface area contributed by atoms with E-state index in [1.165, 1.54) is 11.1 Å². The molecule has 1 amide bonds. The van der Waals surface area contributed by atoms with Crippen LogP contribution in [0.15, 0.2) is 58.2 Å². The van der Waals surface area contributed by atoms with Crippen molar-refractivity contribution in [1.82, 2.24) is 4.90 Å². The Kier molecular flexibility index (Phi) is 4.22. The Hall–Kier alpha value is -2.36. The van der Waals surface area contributed by atoms with E-state index in [9.17, 15) is 9.59 Å². The molecule has 0 aromatic rings. The summed E-state index contributed by atoms with van der Waals surface area (Å²) < 4.78 is 5.26. The molecule has 2 atom stereocenters. The molecule has 4 heteroatoms. The van der Waals surface area contributed by atoms with Crippen LogP contribution in [0.2, 0.25) is 0 Å². The molecule has 1 fully saturated rings. The monoisotopic (exact) mass is 351 g/mol. The number of allylic oxidation sites excluding steroid dienone is 5. The van der Waals surface area contributed by atoms with E-state index in [-0.39, 0.29) is 30.4 Å². The molecule has 0 spiro atoms. The van der Waals surface area contributed by atoms with Gasteiger partial charge in [0.05, 0.1) is 17.5 Å². The van der Waals surface area contributed by atoms with E-state index in [1.807, 2.05) is 11.8 Å². The molecule has 4 aliphatic rings. The van der Waals surface area contributed by atoms with Crippen molar-refractivity contribution in [1.29, 1.82) is 0 Å². The largest absolute Gasteiger partial charge is 0.460 e. The fourth-order valence-corrected chi connectivity index (χ4v) is 4.51. The van der Waals surface area contributed by atoms with Crippen molar-refractivity contribution in [3.05, 3.63) is 58.2 Å². The van der Waals surface area contributed by atoms with Gasteiger partial charge >= 0.3 is 5.97 Å². The summed E-state index contributed by atoms with van der Waals surface area (Å²) in [4.78, 5) is 27.0. The number of ether oxygens (including phenoxy) is 1. The molecule has 0 aromatic heterocycles. The average Bonchev–Trinajstić information content (AvgIpc) is 2.94. The first kappa shape index (κ1) is 17.1. The number of hydrogen-bond acceptors (Lipinski definition) is 3. The highest BCUT2D eigenvalue weighted by Gasteiger charge is 2.45. The van der Waals surface area contributed by atoms with Gasteiger partial charge in [-0.05, 0) is 66.5 Å². The molecule has 4 nitrogen and oxygen atoms in total. The highest BCUT2D eigenvalue weighted by molar-refractivity contribution is 5.99. The molecule has 4 rings (SSSR count). The van der Waals surface area contributed by atoms with Crippen LogP contribution in [0.5, 0.6) is 0 Å². The summed E-state index contributed by atoms with van der Waals surface area (Å²) in [5, 5.41) is 0. The van der Waals surface area contributed by atoms with E-state index in [4.69, 9.17) is 4.74 Å². The van der Waals surface area contributed by atoms with Gasteiger partial charge in [0.25, 0.3) is 5.91 Å². The Bertz CT molecular complexity index is 824. The Morgan fingerprint density at radius 3 is 2.81 bits per heavy atom. The van der Waals surface area contributed by atoms with Crippen LogP contribution in [-0.2, 0) is 14.3 Å². The van der Waals surface area contributed by atoms with Crippen LogP contribution in [0.3, 0.4) is 0 Å². The summed E-state index contributed by atoms with van der Waals surface area (Å²) in [6.45, 7) is 9.12. The standard InChI is InChI=1S/C22H25NO3/c1-4-17-18-10-20-14(3)16(9-15-8-6-5-7-13(15)2)11-23(20)21(24)19(18)12-26-22(17)25/h7-9,17,20H,3-6,10-12H2,1-2H3/b16-9-. The van der Waals surface area contributed by atoms with Crippen LogP contribution in [0.1, 0.15) is 39.5 Å². The number of carbonyl (C=O) groups is 2. The molecule has 0 N–H and O–H groups in total. The maximum atomic E-state index is 13.0. The zero-order valence-electron chi connectivity index (χ0n) is 15.5. The summed E-state index contributed by atoms with van der Waals surface area (Å²) in [5.41, 5.74) is 6.33. The fraction of sp³-hybridized carbons (Fsp3) is 0.455. The van der Waals surface area contributed by atoms with E-state index >= 15 is 0 Å². The van der Waals surface area contributed by atoms with Gasteiger partial charge in [-0.1, -0.05) is 25.7 Å². The molecule has 3 aliphatic heterocycles. The minimum atomic E-state index is -0.281. The molecular weight excluding hydrogens is 326 g/mol. The molecule has 0 radical (unpaired) electrons. The Balaban J connectivity index is 1.65. The van der Waals surface area contributed by atoms with Crippen molar-refractivity contribution in [2.45, 2.75) is 45.6 Å². The molecular formula is C22H25NO3. The minimum Gasteiger partial charge on any atom is -0.460 e. The molecule has 136 valence electrons. The summed E-state index contributed by atoms with van der Waals surface area (Å²) in [6, 6.07) is -0.0269. The van der Waals surface area contributed by atoms with Crippen molar-refractivity contribution in [3.63, 3.8) is 0 Å². The molecule has 1 aliphatic carbocycles. The molecule has 0 aromatic carbocycles. The first-order valence-corrected chi connectivity index (χ1v) is 9.47. The van der Waals surface area contributed by atoms with E-state index in [0.717, 1.165) is 29.6 Å². The SMILES string of the molecule is C=C1/C(=C\C2=CCCC=C2C)CN2C(=O)C3=C(CC12)C(CC)C(=O)OC3. The summed E-state index contributed by atoms with van der Waals surface area (Å²) in [5.74, 6) is -0.464. The van der Waals surface area contributed by atoms with Crippen molar-refractivity contribution < 1.29 is 14.3 Å². The third-order valence-corrected chi connectivity index (χ3v) is 6.09. The Labute approximate surface area is 154 Å². The summed E-state index contributed by atoms with van der Waals surface area (Å²) in [7, 11) is 0. The number of cyclic esters (lactones) is 1.